The summed E-state index contributed by atoms with van der Waals surface area (Å²) in [5, 5.41) is 0. The lowest BCUT2D eigenvalue weighted by Crippen LogP contribution is -2.61. The van der Waals surface area contributed by atoms with Gasteiger partial charge in [0.1, 0.15) is 0 Å². The quantitative estimate of drug-likeness (QED) is 0.790. The van der Waals surface area contributed by atoms with Gasteiger partial charge in [0.15, 0.2) is 0 Å². The van der Waals surface area contributed by atoms with Crippen molar-refractivity contribution in [1.29, 1.82) is 0 Å². The number of piperidine rings is 1. The molecule has 1 atom stereocenters. The van der Waals surface area contributed by atoms with E-state index >= 15 is 0 Å². The summed E-state index contributed by atoms with van der Waals surface area (Å²) in [5.74, 6) is 0.225. The van der Waals surface area contributed by atoms with Gasteiger partial charge in [0, 0.05) is 18.1 Å². The third-order valence-corrected chi connectivity index (χ3v) is 5.47. The predicted molar refractivity (Wildman–Crippen MR) is 62.1 cm³/mol. The Labute approximate surface area is 92.9 Å². The topological polar surface area (TPSA) is 63.4 Å². The van der Waals surface area contributed by atoms with Crippen LogP contribution < -0.4 is 5.73 Å². The first-order valence-electron chi connectivity index (χ1n) is 5.58. The molecular formula is C10H22N2O2S. The normalized spacial score (nSPS) is 27.9. The predicted octanol–water partition coefficient (Wildman–Crippen LogP) is 0.928. The third-order valence-electron chi connectivity index (χ3n) is 3.22. The molecule has 90 valence electrons. The van der Waals surface area contributed by atoms with Gasteiger partial charge in [0.05, 0.1) is 5.75 Å². The Kier molecular flexibility index (Phi) is 3.79. The van der Waals surface area contributed by atoms with Crippen molar-refractivity contribution in [3.8, 4) is 0 Å². The van der Waals surface area contributed by atoms with Gasteiger partial charge in [-0.2, -0.15) is 4.31 Å². The molecule has 0 aliphatic carbocycles. The molecule has 0 aromatic carbocycles. The van der Waals surface area contributed by atoms with Gasteiger partial charge >= 0.3 is 0 Å². The molecule has 0 bridgehead atoms. The van der Waals surface area contributed by atoms with Crippen molar-refractivity contribution in [2.24, 2.45) is 5.73 Å². The Hall–Kier alpha value is -0.130. The minimum Gasteiger partial charge on any atom is -0.326 e. The van der Waals surface area contributed by atoms with E-state index in [0.29, 0.717) is 13.0 Å². The van der Waals surface area contributed by atoms with Gasteiger partial charge < -0.3 is 5.73 Å². The van der Waals surface area contributed by atoms with Crippen LogP contribution >= 0.6 is 0 Å². The first kappa shape index (κ1) is 12.9. The Morgan fingerprint density at radius 3 is 2.60 bits per heavy atom. The van der Waals surface area contributed by atoms with Crippen LogP contribution in [0.15, 0.2) is 0 Å². The van der Waals surface area contributed by atoms with E-state index in [9.17, 15) is 8.42 Å². The molecule has 0 amide bonds. The van der Waals surface area contributed by atoms with E-state index in [1.54, 1.807) is 4.31 Å². The first-order valence-corrected chi connectivity index (χ1v) is 7.19. The monoisotopic (exact) mass is 234 g/mol. The summed E-state index contributed by atoms with van der Waals surface area (Å²) in [7, 11) is -3.12. The van der Waals surface area contributed by atoms with E-state index < -0.39 is 15.6 Å². The molecule has 0 aromatic heterocycles. The zero-order chi connectivity index (χ0) is 11.7. The van der Waals surface area contributed by atoms with Crippen LogP contribution in [-0.4, -0.2) is 36.6 Å². The van der Waals surface area contributed by atoms with Crippen LogP contribution in [0.25, 0.3) is 0 Å². The molecular weight excluding hydrogens is 212 g/mol. The van der Waals surface area contributed by atoms with Crippen LogP contribution in [-0.2, 0) is 10.0 Å². The van der Waals surface area contributed by atoms with Gasteiger partial charge in [-0.25, -0.2) is 8.42 Å². The van der Waals surface area contributed by atoms with E-state index in [4.69, 9.17) is 5.73 Å². The molecule has 15 heavy (non-hydrogen) atoms. The molecule has 4 nitrogen and oxygen atoms in total. The zero-order valence-corrected chi connectivity index (χ0v) is 10.7. The van der Waals surface area contributed by atoms with E-state index in [2.05, 4.69) is 0 Å². The van der Waals surface area contributed by atoms with Gasteiger partial charge in [0.2, 0.25) is 10.0 Å². The number of hydrogen-bond acceptors (Lipinski definition) is 3. The molecule has 1 unspecified atom stereocenters. The molecule has 1 aliphatic heterocycles. The zero-order valence-electron chi connectivity index (χ0n) is 9.86. The second-order valence-electron chi connectivity index (χ2n) is 4.79. The van der Waals surface area contributed by atoms with Crippen molar-refractivity contribution in [3.05, 3.63) is 0 Å². The minimum absolute atomic E-state index is 0.0575. The lowest BCUT2D eigenvalue weighted by Gasteiger charge is -2.45. The summed E-state index contributed by atoms with van der Waals surface area (Å²) in [6.07, 6.45) is 2.43. The summed E-state index contributed by atoms with van der Waals surface area (Å²) < 4.78 is 25.6. The molecule has 1 fully saturated rings. The molecule has 2 N–H and O–H groups in total. The molecule has 0 radical (unpaired) electrons. The molecule has 0 spiro atoms. The average molecular weight is 234 g/mol. The third kappa shape index (κ3) is 2.52. The minimum atomic E-state index is -3.12. The second-order valence-corrected chi connectivity index (χ2v) is 6.80. The maximum absolute atomic E-state index is 12.0. The van der Waals surface area contributed by atoms with Gasteiger partial charge in [-0.3, -0.25) is 0 Å². The number of hydrogen-bond donors (Lipinski definition) is 1. The van der Waals surface area contributed by atoms with Gasteiger partial charge in [-0.05, 0) is 33.1 Å². The average Bonchev–Trinajstić information content (AvgIpc) is 2.09. The van der Waals surface area contributed by atoms with E-state index in [-0.39, 0.29) is 11.8 Å². The van der Waals surface area contributed by atoms with E-state index in [0.717, 1.165) is 12.8 Å². The molecule has 1 heterocycles. The van der Waals surface area contributed by atoms with Crippen LogP contribution in [0.5, 0.6) is 0 Å². The highest BCUT2D eigenvalue weighted by atomic mass is 32.2. The van der Waals surface area contributed by atoms with Crippen molar-refractivity contribution in [2.75, 3.05) is 12.3 Å². The number of nitrogens with zero attached hydrogens (tertiary/aromatic N) is 1. The highest BCUT2D eigenvalue weighted by Gasteiger charge is 2.42. The Morgan fingerprint density at radius 2 is 2.07 bits per heavy atom. The maximum atomic E-state index is 12.0. The summed E-state index contributed by atoms with van der Waals surface area (Å²) in [5.41, 5.74) is 5.55. The fourth-order valence-electron chi connectivity index (χ4n) is 2.15. The van der Waals surface area contributed by atoms with Crippen LogP contribution in [0, 0.1) is 0 Å². The van der Waals surface area contributed by atoms with Crippen LogP contribution in [0.2, 0.25) is 0 Å². The highest BCUT2D eigenvalue weighted by molar-refractivity contribution is 7.89. The summed E-state index contributed by atoms with van der Waals surface area (Å²) in [6.45, 7) is 6.34. The Morgan fingerprint density at radius 1 is 1.47 bits per heavy atom. The van der Waals surface area contributed by atoms with Crippen molar-refractivity contribution in [1.82, 2.24) is 4.31 Å². The summed E-state index contributed by atoms with van der Waals surface area (Å²) >= 11 is 0. The first-order chi connectivity index (χ1) is 6.82. The summed E-state index contributed by atoms with van der Waals surface area (Å²) in [6, 6.07) is -0.0575. The fraction of sp³-hybridized carbons (Fsp3) is 1.00. The standard InChI is InChI=1S/C10H22N2O2S/c1-4-8-15(13,14)12-7-5-6-9(11)10(12,2)3/h9H,4-8,11H2,1-3H3. The summed E-state index contributed by atoms with van der Waals surface area (Å²) in [4.78, 5) is 0. The lowest BCUT2D eigenvalue weighted by atomic mass is 9.88. The van der Waals surface area contributed by atoms with Crippen LogP contribution in [0.3, 0.4) is 0 Å². The molecule has 0 aromatic rings. The SMILES string of the molecule is CCCS(=O)(=O)N1CCCC(N)C1(C)C. The van der Waals surface area contributed by atoms with Crippen molar-refractivity contribution in [3.63, 3.8) is 0 Å². The maximum Gasteiger partial charge on any atom is 0.214 e. The van der Waals surface area contributed by atoms with E-state index in [1.807, 2.05) is 20.8 Å². The largest absolute Gasteiger partial charge is 0.326 e. The molecule has 0 saturated carbocycles. The van der Waals surface area contributed by atoms with Gasteiger partial charge in [-0.1, -0.05) is 6.92 Å². The number of rotatable bonds is 3. The molecule has 5 heteroatoms. The molecule has 1 aliphatic rings. The molecule has 1 saturated heterocycles. The second kappa shape index (κ2) is 4.39. The van der Waals surface area contributed by atoms with Gasteiger partial charge in [-0.15, -0.1) is 0 Å². The van der Waals surface area contributed by atoms with Crippen molar-refractivity contribution >= 4 is 10.0 Å². The number of nitrogens with two attached hydrogens (primary N) is 1. The Bertz CT molecular complexity index is 311. The van der Waals surface area contributed by atoms with Crippen LogP contribution in [0.4, 0.5) is 0 Å². The molecule has 1 rings (SSSR count). The lowest BCUT2D eigenvalue weighted by molar-refractivity contribution is 0.142. The van der Waals surface area contributed by atoms with E-state index in [1.165, 1.54) is 0 Å². The Balaban J connectivity index is 2.93. The fourth-order valence-corrected chi connectivity index (χ4v) is 4.14. The highest BCUT2D eigenvalue weighted by Crippen LogP contribution is 2.29. The van der Waals surface area contributed by atoms with Gasteiger partial charge in [0.25, 0.3) is 0 Å². The van der Waals surface area contributed by atoms with Crippen molar-refractivity contribution in [2.45, 2.75) is 51.6 Å². The smallest absolute Gasteiger partial charge is 0.214 e. The van der Waals surface area contributed by atoms with Crippen molar-refractivity contribution < 1.29 is 8.42 Å². The van der Waals surface area contributed by atoms with Crippen LogP contribution in [0.1, 0.15) is 40.0 Å². The number of sulfonamides is 1.